The first kappa shape index (κ1) is 10.8. The van der Waals surface area contributed by atoms with Gasteiger partial charge in [0.15, 0.2) is 10.9 Å². The standard InChI is InChI=1S/C10H12N4OS/c1-2-15-9(16)7-8-10(12-13-11-8)14-5-3-4-6-14/h3-6H,2,7H2,1H3,(H,11,12,13). The van der Waals surface area contributed by atoms with Crippen molar-refractivity contribution in [3.8, 4) is 5.82 Å². The van der Waals surface area contributed by atoms with Gasteiger partial charge in [0.2, 0.25) is 0 Å². The number of hydrogen-bond acceptors (Lipinski definition) is 4. The SMILES string of the molecule is CCOC(=S)Cc1n[nH]nc1-n1cccc1. The molecule has 0 radical (unpaired) electrons. The summed E-state index contributed by atoms with van der Waals surface area (Å²) in [5.41, 5.74) is 0.787. The zero-order valence-electron chi connectivity index (χ0n) is 8.88. The Morgan fingerprint density at radius 1 is 1.44 bits per heavy atom. The molecule has 0 aliphatic carbocycles. The monoisotopic (exact) mass is 236 g/mol. The number of nitrogens with one attached hydrogen (secondary N) is 1. The van der Waals surface area contributed by atoms with Gasteiger partial charge in [0, 0.05) is 12.4 Å². The fraction of sp³-hybridized carbons (Fsp3) is 0.300. The minimum absolute atomic E-state index is 0.493. The molecular formula is C10H12N4OS. The van der Waals surface area contributed by atoms with Crippen LogP contribution < -0.4 is 0 Å². The highest BCUT2D eigenvalue weighted by Gasteiger charge is 2.11. The van der Waals surface area contributed by atoms with Crippen molar-refractivity contribution in [2.45, 2.75) is 13.3 Å². The maximum absolute atomic E-state index is 5.23. The molecule has 0 bridgehead atoms. The van der Waals surface area contributed by atoms with Crippen molar-refractivity contribution in [2.24, 2.45) is 0 Å². The van der Waals surface area contributed by atoms with E-state index in [4.69, 9.17) is 17.0 Å². The number of ether oxygens (including phenoxy) is 1. The fourth-order valence-electron chi connectivity index (χ4n) is 1.40. The minimum atomic E-state index is 0.493. The summed E-state index contributed by atoms with van der Waals surface area (Å²) in [5.74, 6) is 0.757. The Balaban J connectivity index is 2.17. The maximum Gasteiger partial charge on any atom is 0.182 e. The van der Waals surface area contributed by atoms with Crippen LogP contribution in [-0.4, -0.2) is 31.6 Å². The molecule has 0 saturated heterocycles. The molecule has 2 heterocycles. The van der Waals surface area contributed by atoms with Gasteiger partial charge in [-0.3, -0.25) is 0 Å². The van der Waals surface area contributed by atoms with E-state index in [9.17, 15) is 0 Å². The lowest BCUT2D eigenvalue weighted by Gasteiger charge is -2.04. The van der Waals surface area contributed by atoms with Gasteiger partial charge in [-0.15, -0.1) is 5.10 Å². The maximum atomic E-state index is 5.23. The number of aromatic nitrogens is 4. The normalized spacial score (nSPS) is 10.3. The van der Waals surface area contributed by atoms with Gasteiger partial charge >= 0.3 is 0 Å². The lowest BCUT2D eigenvalue weighted by atomic mass is 10.3. The number of rotatable bonds is 4. The quantitative estimate of drug-likeness (QED) is 0.817. The number of hydrogen-bond donors (Lipinski definition) is 1. The van der Waals surface area contributed by atoms with E-state index in [0.717, 1.165) is 11.5 Å². The summed E-state index contributed by atoms with van der Waals surface area (Å²) in [6, 6.07) is 3.86. The number of nitrogens with zero attached hydrogens (tertiary/aromatic N) is 3. The molecule has 84 valence electrons. The molecule has 0 aliphatic rings. The largest absolute Gasteiger partial charge is 0.487 e. The van der Waals surface area contributed by atoms with Crippen molar-refractivity contribution in [1.29, 1.82) is 0 Å². The van der Waals surface area contributed by atoms with Gasteiger partial charge in [0.25, 0.3) is 0 Å². The van der Waals surface area contributed by atoms with E-state index in [0.29, 0.717) is 18.1 Å². The number of thiocarbonyl (C=S) groups is 1. The van der Waals surface area contributed by atoms with Gasteiger partial charge in [-0.05, 0) is 31.3 Å². The van der Waals surface area contributed by atoms with Crippen LogP contribution in [0.5, 0.6) is 0 Å². The molecule has 0 aliphatic heterocycles. The fourth-order valence-corrected chi connectivity index (χ4v) is 1.65. The van der Waals surface area contributed by atoms with Crippen LogP contribution in [0, 0.1) is 0 Å². The molecule has 0 fully saturated rings. The molecule has 6 heteroatoms. The van der Waals surface area contributed by atoms with Crippen molar-refractivity contribution < 1.29 is 4.74 Å². The first-order valence-electron chi connectivity index (χ1n) is 5.00. The van der Waals surface area contributed by atoms with E-state index >= 15 is 0 Å². The van der Waals surface area contributed by atoms with Crippen LogP contribution in [-0.2, 0) is 11.2 Å². The van der Waals surface area contributed by atoms with Crippen LogP contribution in [0.1, 0.15) is 12.6 Å². The second kappa shape index (κ2) is 4.89. The van der Waals surface area contributed by atoms with E-state index in [1.165, 1.54) is 0 Å². The molecule has 2 aromatic rings. The zero-order chi connectivity index (χ0) is 11.4. The summed E-state index contributed by atoms with van der Waals surface area (Å²) in [7, 11) is 0. The second-order valence-corrected chi connectivity index (χ2v) is 3.62. The summed E-state index contributed by atoms with van der Waals surface area (Å²) in [4.78, 5) is 0. The predicted octanol–water partition coefficient (Wildman–Crippen LogP) is 1.50. The van der Waals surface area contributed by atoms with Crippen molar-refractivity contribution >= 4 is 17.3 Å². The van der Waals surface area contributed by atoms with E-state index < -0.39 is 0 Å². The Morgan fingerprint density at radius 3 is 2.88 bits per heavy atom. The second-order valence-electron chi connectivity index (χ2n) is 3.17. The molecule has 1 N–H and O–H groups in total. The molecule has 0 saturated carbocycles. The lowest BCUT2D eigenvalue weighted by molar-refractivity contribution is 0.329. The summed E-state index contributed by atoms with van der Waals surface area (Å²) in [6.45, 7) is 2.48. The Bertz CT molecular complexity index is 463. The van der Waals surface area contributed by atoms with Gasteiger partial charge < -0.3 is 9.30 Å². The Morgan fingerprint density at radius 2 is 2.19 bits per heavy atom. The molecular weight excluding hydrogens is 224 g/mol. The van der Waals surface area contributed by atoms with E-state index in [-0.39, 0.29) is 0 Å². The summed E-state index contributed by atoms with van der Waals surface area (Å²) >= 11 is 5.08. The third-order valence-corrected chi connectivity index (χ3v) is 2.33. The summed E-state index contributed by atoms with van der Waals surface area (Å²) in [5, 5.41) is 11.3. The zero-order valence-corrected chi connectivity index (χ0v) is 9.70. The van der Waals surface area contributed by atoms with Crippen LogP contribution in [0.3, 0.4) is 0 Å². The molecule has 0 atom stereocenters. The van der Waals surface area contributed by atoms with Crippen LogP contribution in [0.4, 0.5) is 0 Å². The Kier molecular flexibility index (Phi) is 3.31. The van der Waals surface area contributed by atoms with E-state index in [2.05, 4.69) is 15.4 Å². The third kappa shape index (κ3) is 2.27. The molecule has 2 aromatic heterocycles. The molecule has 16 heavy (non-hydrogen) atoms. The van der Waals surface area contributed by atoms with Crippen molar-refractivity contribution in [1.82, 2.24) is 20.0 Å². The van der Waals surface area contributed by atoms with E-state index in [1.807, 2.05) is 36.0 Å². The summed E-state index contributed by atoms with van der Waals surface area (Å²) in [6.07, 6.45) is 4.31. The molecule has 2 rings (SSSR count). The molecule has 0 aromatic carbocycles. The van der Waals surface area contributed by atoms with Crippen molar-refractivity contribution in [2.75, 3.05) is 6.61 Å². The van der Waals surface area contributed by atoms with Crippen LogP contribution in [0.2, 0.25) is 0 Å². The Labute approximate surface area is 98.4 Å². The Hall–Kier alpha value is -1.69. The van der Waals surface area contributed by atoms with Crippen molar-refractivity contribution in [3.05, 3.63) is 30.2 Å². The van der Waals surface area contributed by atoms with E-state index in [1.54, 1.807) is 0 Å². The molecule has 0 spiro atoms. The smallest absolute Gasteiger partial charge is 0.182 e. The van der Waals surface area contributed by atoms with Gasteiger partial charge in [0.05, 0.1) is 13.0 Å². The minimum Gasteiger partial charge on any atom is -0.487 e. The van der Waals surface area contributed by atoms with Gasteiger partial charge in [0.1, 0.15) is 5.69 Å². The topological polar surface area (TPSA) is 55.7 Å². The average Bonchev–Trinajstić information content (AvgIpc) is 2.86. The highest BCUT2D eigenvalue weighted by molar-refractivity contribution is 7.80. The van der Waals surface area contributed by atoms with Crippen LogP contribution >= 0.6 is 12.2 Å². The van der Waals surface area contributed by atoms with Gasteiger partial charge in [-0.1, -0.05) is 0 Å². The molecule has 0 amide bonds. The number of H-pyrrole nitrogens is 1. The van der Waals surface area contributed by atoms with Crippen molar-refractivity contribution in [3.63, 3.8) is 0 Å². The third-order valence-electron chi connectivity index (χ3n) is 2.07. The predicted molar refractivity (Wildman–Crippen MR) is 63.6 cm³/mol. The van der Waals surface area contributed by atoms with Crippen LogP contribution in [0.25, 0.3) is 5.82 Å². The van der Waals surface area contributed by atoms with Gasteiger partial charge in [-0.2, -0.15) is 10.3 Å². The first-order chi connectivity index (χ1) is 7.81. The lowest BCUT2D eigenvalue weighted by Crippen LogP contribution is -2.07. The average molecular weight is 236 g/mol. The summed E-state index contributed by atoms with van der Waals surface area (Å²) < 4.78 is 7.11. The van der Waals surface area contributed by atoms with Crippen LogP contribution in [0.15, 0.2) is 24.5 Å². The number of aromatic amines is 1. The highest BCUT2D eigenvalue weighted by atomic mass is 32.1. The molecule has 0 unspecified atom stereocenters. The van der Waals surface area contributed by atoms with Gasteiger partial charge in [-0.25, -0.2) is 0 Å². The highest BCUT2D eigenvalue weighted by Crippen LogP contribution is 2.10. The first-order valence-corrected chi connectivity index (χ1v) is 5.40. The molecule has 5 nitrogen and oxygen atoms in total.